The highest BCUT2D eigenvalue weighted by Crippen LogP contribution is 2.69. The average molecular weight is 471 g/mol. The minimum atomic E-state index is 0.130. The van der Waals surface area contributed by atoms with Crippen molar-refractivity contribution in [2.24, 2.45) is 46.3 Å². The molecule has 1 aromatic heterocycles. The van der Waals surface area contributed by atoms with Crippen LogP contribution >= 0.6 is 11.3 Å². The monoisotopic (exact) mass is 470 g/mol. The van der Waals surface area contributed by atoms with Crippen molar-refractivity contribution in [3.63, 3.8) is 0 Å². The van der Waals surface area contributed by atoms with Gasteiger partial charge in [0.05, 0.1) is 0 Å². The maximum Gasteiger partial charge on any atom is 0.122 e. The van der Waals surface area contributed by atoms with Gasteiger partial charge in [-0.25, -0.2) is 0 Å². The maximum atomic E-state index is 4.53. The number of fused-ring (bicyclic) bond motifs is 5. The van der Waals surface area contributed by atoms with Gasteiger partial charge in [0.25, 0.3) is 0 Å². The van der Waals surface area contributed by atoms with Gasteiger partial charge < -0.3 is 0 Å². The molecule has 2 nitrogen and oxygen atoms in total. The van der Waals surface area contributed by atoms with E-state index in [9.17, 15) is 0 Å². The van der Waals surface area contributed by atoms with E-state index in [1.165, 1.54) is 80.6 Å². The van der Waals surface area contributed by atoms with E-state index in [1.54, 1.807) is 6.42 Å². The van der Waals surface area contributed by atoms with Gasteiger partial charge in [0, 0.05) is 11.8 Å². The molecule has 6 unspecified atom stereocenters. The molecule has 4 aliphatic carbocycles. The molecule has 3 heteroatoms. The number of hydrogen-bond acceptors (Lipinski definition) is 3. The molecule has 0 spiro atoms. The second kappa shape index (κ2) is 8.90. The van der Waals surface area contributed by atoms with E-state index in [4.69, 9.17) is 0 Å². The summed E-state index contributed by atoms with van der Waals surface area (Å²) in [5.74, 6) is 6.03. The molecule has 4 aliphatic rings. The largest absolute Gasteiger partial charge is 0.144 e. The molecule has 0 amide bonds. The van der Waals surface area contributed by atoms with E-state index in [0.29, 0.717) is 10.8 Å². The molecular weight excluding hydrogens is 420 g/mol. The molecule has 0 aliphatic heterocycles. The Morgan fingerprint density at radius 2 is 1.70 bits per heavy atom. The molecule has 33 heavy (non-hydrogen) atoms. The Morgan fingerprint density at radius 1 is 0.909 bits per heavy atom. The number of aromatic nitrogens is 2. The van der Waals surface area contributed by atoms with E-state index in [-0.39, 0.29) is 5.41 Å². The lowest BCUT2D eigenvalue weighted by Gasteiger charge is -2.62. The zero-order valence-electron chi connectivity index (χ0n) is 22.5. The molecule has 186 valence electrons. The van der Waals surface area contributed by atoms with Crippen LogP contribution < -0.4 is 0 Å². The average Bonchev–Trinajstić information content (AvgIpc) is 3.38. The first-order valence-corrected chi connectivity index (χ1v) is 15.3. The van der Waals surface area contributed by atoms with E-state index < -0.39 is 0 Å². The van der Waals surface area contributed by atoms with E-state index in [0.717, 1.165) is 41.9 Å². The lowest BCUT2D eigenvalue weighted by atomic mass is 9.42. The van der Waals surface area contributed by atoms with E-state index in [2.05, 4.69) is 51.7 Å². The van der Waals surface area contributed by atoms with Crippen molar-refractivity contribution in [1.82, 2.24) is 10.2 Å². The summed E-state index contributed by atoms with van der Waals surface area (Å²) in [4.78, 5) is 0. The Hall–Kier alpha value is -0.440. The molecule has 1 heterocycles. The Bertz CT molecular complexity index is 824. The van der Waals surface area contributed by atoms with Crippen LogP contribution in [0.3, 0.4) is 0 Å². The fourth-order valence-corrected chi connectivity index (χ4v) is 10.7. The first-order chi connectivity index (χ1) is 15.7. The summed E-state index contributed by atoms with van der Waals surface area (Å²) in [6.07, 6.45) is 19.0. The zero-order valence-corrected chi connectivity index (χ0v) is 23.3. The van der Waals surface area contributed by atoms with Gasteiger partial charge in [-0.1, -0.05) is 60.8 Å². The summed E-state index contributed by atoms with van der Waals surface area (Å²) in [6, 6.07) is 0. The Labute approximate surface area is 208 Å². The molecule has 0 bridgehead atoms. The second-order valence-corrected chi connectivity index (χ2v) is 15.2. The third-order valence-electron chi connectivity index (χ3n) is 11.5. The van der Waals surface area contributed by atoms with Gasteiger partial charge in [0.15, 0.2) is 0 Å². The molecule has 4 saturated carbocycles. The molecule has 8 atom stereocenters. The summed E-state index contributed by atoms with van der Waals surface area (Å²) >= 11 is 1.85. The molecule has 4 fully saturated rings. The third kappa shape index (κ3) is 4.15. The SMILES string of the molecule is CC[C@H]1CC2C3CCC(CCCc4nnc(C(C)(C)C)s4)C3(C)CC[C@@H]2C2(C)CCCCC12. The van der Waals surface area contributed by atoms with Crippen LogP contribution in [0.25, 0.3) is 0 Å². The minimum Gasteiger partial charge on any atom is -0.144 e. The second-order valence-electron chi connectivity index (χ2n) is 14.1. The van der Waals surface area contributed by atoms with Crippen molar-refractivity contribution in [2.75, 3.05) is 0 Å². The van der Waals surface area contributed by atoms with Crippen molar-refractivity contribution in [3.8, 4) is 0 Å². The van der Waals surface area contributed by atoms with Gasteiger partial charge in [-0.05, 0) is 104 Å². The highest BCUT2D eigenvalue weighted by molar-refractivity contribution is 7.11. The highest BCUT2D eigenvalue weighted by Gasteiger charge is 2.60. The van der Waals surface area contributed by atoms with Gasteiger partial charge >= 0.3 is 0 Å². The number of hydrogen-bond donors (Lipinski definition) is 0. The van der Waals surface area contributed by atoms with Crippen molar-refractivity contribution in [3.05, 3.63) is 10.0 Å². The van der Waals surface area contributed by atoms with Crippen molar-refractivity contribution < 1.29 is 0 Å². The Balaban J connectivity index is 1.25. The molecule has 0 radical (unpaired) electrons. The summed E-state index contributed by atoms with van der Waals surface area (Å²) in [7, 11) is 0. The third-order valence-corrected chi connectivity index (χ3v) is 12.9. The number of rotatable bonds is 5. The first-order valence-electron chi connectivity index (χ1n) is 14.5. The van der Waals surface area contributed by atoms with Gasteiger partial charge in [-0.15, -0.1) is 21.5 Å². The predicted molar refractivity (Wildman–Crippen MR) is 141 cm³/mol. The summed E-state index contributed by atoms with van der Waals surface area (Å²) in [5, 5.41) is 11.5. The normalized spacial score (nSPS) is 43.1. The van der Waals surface area contributed by atoms with E-state index in [1.807, 2.05) is 11.3 Å². The molecule has 0 N–H and O–H groups in total. The van der Waals surface area contributed by atoms with Crippen LogP contribution in [-0.4, -0.2) is 10.2 Å². The standard InChI is InChI=1S/C30H50N2S/c1-7-20-19-22-24-15-14-21(11-10-13-26-31-32-27(33-26)28(2,3)4)29(24,5)18-16-25(22)30(6)17-9-8-12-23(20)30/h20-25H,7-19H2,1-6H3/t20-,21?,22?,23?,24?,25-,29?,30?/m0/s1. The van der Waals surface area contributed by atoms with Crippen LogP contribution in [0.15, 0.2) is 0 Å². The van der Waals surface area contributed by atoms with Crippen LogP contribution in [0, 0.1) is 46.3 Å². The summed E-state index contributed by atoms with van der Waals surface area (Å²) in [5.41, 5.74) is 1.39. The van der Waals surface area contributed by atoms with Gasteiger partial charge in [-0.3, -0.25) is 0 Å². The summed E-state index contributed by atoms with van der Waals surface area (Å²) < 4.78 is 0. The predicted octanol–water partition coefficient (Wildman–Crippen LogP) is 8.84. The van der Waals surface area contributed by atoms with E-state index >= 15 is 0 Å². The smallest absolute Gasteiger partial charge is 0.122 e. The molecule has 0 aromatic carbocycles. The zero-order chi connectivity index (χ0) is 23.4. The lowest BCUT2D eigenvalue weighted by molar-refractivity contribution is -0.135. The van der Waals surface area contributed by atoms with Gasteiger partial charge in [0.2, 0.25) is 0 Å². The Kier molecular flexibility index (Phi) is 6.54. The van der Waals surface area contributed by atoms with Crippen LogP contribution in [-0.2, 0) is 11.8 Å². The summed E-state index contributed by atoms with van der Waals surface area (Å²) in [6.45, 7) is 14.7. The maximum absolute atomic E-state index is 4.53. The lowest BCUT2D eigenvalue weighted by Crippen LogP contribution is -2.55. The van der Waals surface area contributed by atoms with Crippen LogP contribution in [0.1, 0.15) is 129 Å². The molecule has 0 saturated heterocycles. The van der Waals surface area contributed by atoms with Crippen molar-refractivity contribution in [1.29, 1.82) is 0 Å². The van der Waals surface area contributed by atoms with Crippen LogP contribution in [0.2, 0.25) is 0 Å². The molecular formula is C30H50N2S. The molecule has 5 rings (SSSR count). The Morgan fingerprint density at radius 3 is 2.42 bits per heavy atom. The van der Waals surface area contributed by atoms with Gasteiger partial charge in [0.1, 0.15) is 10.0 Å². The highest BCUT2D eigenvalue weighted by atomic mass is 32.1. The van der Waals surface area contributed by atoms with Crippen LogP contribution in [0.4, 0.5) is 0 Å². The molecule has 1 aromatic rings. The topological polar surface area (TPSA) is 25.8 Å². The quantitative estimate of drug-likeness (QED) is 0.429. The van der Waals surface area contributed by atoms with Crippen molar-refractivity contribution >= 4 is 11.3 Å². The number of aryl methyl sites for hydroxylation is 1. The number of nitrogens with zero attached hydrogens (tertiary/aromatic N) is 2. The first kappa shape index (κ1) is 24.3. The van der Waals surface area contributed by atoms with Crippen LogP contribution in [0.5, 0.6) is 0 Å². The fourth-order valence-electron chi connectivity index (χ4n) is 9.76. The van der Waals surface area contributed by atoms with Crippen molar-refractivity contribution in [2.45, 2.75) is 130 Å². The fraction of sp³-hybridized carbons (Fsp3) is 0.933. The van der Waals surface area contributed by atoms with Gasteiger partial charge in [-0.2, -0.15) is 0 Å². The minimum absolute atomic E-state index is 0.130.